The molecule has 3 atom stereocenters. The second kappa shape index (κ2) is 5.05. The van der Waals surface area contributed by atoms with E-state index in [-0.39, 0.29) is 0 Å². The molecule has 1 saturated carbocycles. The molecule has 2 rings (SSSR count). The van der Waals surface area contributed by atoms with Crippen LogP contribution in [-0.4, -0.2) is 25.8 Å². The van der Waals surface area contributed by atoms with Crippen molar-refractivity contribution >= 4 is 0 Å². The summed E-state index contributed by atoms with van der Waals surface area (Å²) in [4.78, 5) is 0. The van der Waals surface area contributed by atoms with Crippen molar-refractivity contribution < 1.29 is 4.74 Å². The smallest absolute Gasteiger partial charge is 0.0507 e. The second-order valence-electron chi connectivity index (χ2n) is 6.63. The summed E-state index contributed by atoms with van der Waals surface area (Å²) < 4.78 is 5.42. The van der Waals surface area contributed by atoms with Crippen LogP contribution in [0.15, 0.2) is 0 Å². The van der Waals surface area contributed by atoms with Crippen LogP contribution in [0.3, 0.4) is 0 Å². The third kappa shape index (κ3) is 3.21. The minimum Gasteiger partial charge on any atom is -0.381 e. The van der Waals surface area contributed by atoms with Gasteiger partial charge in [-0.15, -0.1) is 0 Å². The molecule has 2 aliphatic rings. The summed E-state index contributed by atoms with van der Waals surface area (Å²) >= 11 is 0. The molecule has 3 unspecified atom stereocenters. The van der Waals surface area contributed by atoms with Crippen molar-refractivity contribution in [1.29, 1.82) is 0 Å². The highest BCUT2D eigenvalue weighted by Crippen LogP contribution is 2.38. The van der Waals surface area contributed by atoms with Crippen LogP contribution in [0.1, 0.15) is 46.5 Å². The van der Waals surface area contributed by atoms with E-state index in [9.17, 15) is 0 Å². The zero-order valence-electron chi connectivity index (χ0n) is 11.1. The average Bonchev–Trinajstić information content (AvgIpc) is 2.68. The average molecular weight is 225 g/mol. The van der Waals surface area contributed by atoms with E-state index < -0.39 is 0 Å². The molecule has 16 heavy (non-hydrogen) atoms. The Bertz CT molecular complexity index is 221. The topological polar surface area (TPSA) is 21.3 Å². The fraction of sp³-hybridized carbons (Fsp3) is 1.00. The minimum atomic E-state index is 0.564. The van der Waals surface area contributed by atoms with Crippen LogP contribution in [-0.2, 0) is 4.74 Å². The van der Waals surface area contributed by atoms with E-state index in [1.165, 1.54) is 25.7 Å². The Hall–Kier alpha value is -0.0800. The Kier molecular flexibility index (Phi) is 3.91. The van der Waals surface area contributed by atoms with Crippen molar-refractivity contribution in [3.8, 4) is 0 Å². The van der Waals surface area contributed by atoms with Crippen LogP contribution in [0.5, 0.6) is 0 Å². The van der Waals surface area contributed by atoms with Gasteiger partial charge < -0.3 is 10.1 Å². The first-order valence-electron chi connectivity index (χ1n) is 6.88. The van der Waals surface area contributed by atoms with Crippen molar-refractivity contribution in [2.24, 2.45) is 17.3 Å². The van der Waals surface area contributed by atoms with Crippen molar-refractivity contribution in [3.63, 3.8) is 0 Å². The Balaban J connectivity index is 1.73. The first-order valence-corrected chi connectivity index (χ1v) is 6.88. The molecule has 0 bridgehead atoms. The molecule has 1 heterocycles. The maximum Gasteiger partial charge on any atom is 0.0507 e. The lowest BCUT2D eigenvalue weighted by Gasteiger charge is -2.40. The Morgan fingerprint density at radius 2 is 2.12 bits per heavy atom. The molecule has 0 aromatic heterocycles. The van der Waals surface area contributed by atoms with Gasteiger partial charge in [0.2, 0.25) is 0 Å². The van der Waals surface area contributed by atoms with E-state index in [0.717, 1.165) is 37.6 Å². The Morgan fingerprint density at radius 1 is 1.31 bits per heavy atom. The molecule has 2 heteroatoms. The van der Waals surface area contributed by atoms with E-state index in [0.29, 0.717) is 5.41 Å². The summed E-state index contributed by atoms with van der Waals surface area (Å²) in [5.41, 5.74) is 0.564. The van der Waals surface area contributed by atoms with Gasteiger partial charge in [-0.1, -0.05) is 20.8 Å². The summed E-state index contributed by atoms with van der Waals surface area (Å²) in [5.74, 6) is 1.59. The first kappa shape index (κ1) is 12.4. The summed E-state index contributed by atoms with van der Waals surface area (Å²) in [6.45, 7) is 10.3. The summed E-state index contributed by atoms with van der Waals surface area (Å²) in [6, 6.07) is 0.744. The summed E-state index contributed by atoms with van der Waals surface area (Å²) in [7, 11) is 0. The van der Waals surface area contributed by atoms with Crippen LogP contribution in [0, 0.1) is 17.3 Å². The van der Waals surface area contributed by atoms with E-state index in [2.05, 4.69) is 26.1 Å². The molecule has 1 aliphatic carbocycles. The highest BCUT2D eigenvalue weighted by molar-refractivity contribution is 4.87. The third-order valence-electron chi connectivity index (χ3n) is 4.39. The van der Waals surface area contributed by atoms with E-state index in [1.54, 1.807) is 0 Å². The fourth-order valence-electron chi connectivity index (χ4n) is 3.31. The third-order valence-corrected chi connectivity index (χ3v) is 4.39. The van der Waals surface area contributed by atoms with Gasteiger partial charge in [-0.25, -0.2) is 0 Å². The van der Waals surface area contributed by atoms with Gasteiger partial charge in [-0.3, -0.25) is 0 Å². The van der Waals surface area contributed by atoms with Gasteiger partial charge in [-0.2, -0.15) is 0 Å². The predicted molar refractivity (Wildman–Crippen MR) is 67.5 cm³/mol. The number of ether oxygens (including phenoxy) is 1. The molecule has 1 N–H and O–H groups in total. The van der Waals surface area contributed by atoms with Crippen molar-refractivity contribution in [1.82, 2.24) is 5.32 Å². The number of rotatable bonds is 3. The molecule has 0 aromatic rings. The first-order chi connectivity index (χ1) is 7.57. The second-order valence-corrected chi connectivity index (χ2v) is 6.63. The van der Waals surface area contributed by atoms with Gasteiger partial charge in [0.15, 0.2) is 0 Å². The lowest BCUT2D eigenvalue weighted by Crippen LogP contribution is -2.43. The lowest BCUT2D eigenvalue weighted by molar-refractivity contribution is 0.142. The molecule has 2 fully saturated rings. The van der Waals surface area contributed by atoms with Crippen LogP contribution in [0.4, 0.5) is 0 Å². The number of nitrogens with one attached hydrogen (secondary N) is 1. The van der Waals surface area contributed by atoms with Gasteiger partial charge in [0.25, 0.3) is 0 Å². The van der Waals surface area contributed by atoms with E-state index in [1.807, 2.05) is 0 Å². The maximum absolute atomic E-state index is 5.42. The predicted octanol–water partition coefficient (Wildman–Crippen LogP) is 2.83. The van der Waals surface area contributed by atoms with Crippen molar-refractivity contribution in [2.45, 2.75) is 52.5 Å². The molecule has 0 radical (unpaired) electrons. The fourth-order valence-corrected chi connectivity index (χ4v) is 3.31. The number of hydrogen-bond acceptors (Lipinski definition) is 2. The Morgan fingerprint density at radius 3 is 2.75 bits per heavy atom. The standard InChI is InChI=1S/C14H27NO/c1-11-8-14(2,3)6-4-13(11)15-9-12-5-7-16-10-12/h11-13,15H,4-10H2,1-3H3. The Labute approximate surface area is 100 Å². The molecule has 1 saturated heterocycles. The molecule has 2 nitrogen and oxygen atoms in total. The van der Waals surface area contributed by atoms with E-state index >= 15 is 0 Å². The summed E-state index contributed by atoms with van der Waals surface area (Å²) in [6.07, 6.45) is 5.34. The monoisotopic (exact) mass is 225 g/mol. The maximum atomic E-state index is 5.42. The highest BCUT2D eigenvalue weighted by atomic mass is 16.5. The minimum absolute atomic E-state index is 0.564. The molecule has 0 spiro atoms. The quantitative estimate of drug-likeness (QED) is 0.797. The summed E-state index contributed by atoms with van der Waals surface area (Å²) in [5, 5.41) is 3.77. The van der Waals surface area contributed by atoms with Crippen LogP contribution in [0.2, 0.25) is 0 Å². The van der Waals surface area contributed by atoms with Crippen LogP contribution in [0.25, 0.3) is 0 Å². The molecule has 0 aromatic carbocycles. The van der Waals surface area contributed by atoms with Gasteiger partial charge in [0, 0.05) is 19.2 Å². The molecule has 1 aliphatic heterocycles. The SMILES string of the molecule is CC1CC(C)(C)CCC1NCC1CCOC1. The van der Waals surface area contributed by atoms with Crippen LogP contribution < -0.4 is 5.32 Å². The van der Waals surface area contributed by atoms with Gasteiger partial charge in [0.1, 0.15) is 0 Å². The zero-order valence-corrected chi connectivity index (χ0v) is 11.1. The van der Waals surface area contributed by atoms with Crippen LogP contribution >= 0.6 is 0 Å². The lowest BCUT2D eigenvalue weighted by atomic mass is 9.70. The van der Waals surface area contributed by atoms with Gasteiger partial charge in [-0.05, 0) is 42.9 Å². The van der Waals surface area contributed by atoms with E-state index in [4.69, 9.17) is 4.74 Å². The molecular formula is C14H27NO. The molecular weight excluding hydrogens is 198 g/mol. The highest BCUT2D eigenvalue weighted by Gasteiger charge is 2.32. The number of hydrogen-bond donors (Lipinski definition) is 1. The van der Waals surface area contributed by atoms with Gasteiger partial charge >= 0.3 is 0 Å². The molecule has 0 amide bonds. The normalized spacial score (nSPS) is 38.8. The zero-order chi connectivity index (χ0) is 11.6. The van der Waals surface area contributed by atoms with Crippen molar-refractivity contribution in [2.75, 3.05) is 19.8 Å². The molecule has 94 valence electrons. The van der Waals surface area contributed by atoms with Gasteiger partial charge in [0.05, 0.1) is 6.61 Å². The largest absolute Gasteiger partial charge is 0.381 e. The van der Waals surface area contributed by atoms with Crippen molar-refractivity contribution in [3.05, 3.63) is 0 Å².